The normalized spacial score (nSPS) is 12.5. The van der Waals surface area contributed by atoms with Crippen LogP contribution in [0, 0.1) is 0 Å². The predicted octanol–water partition coefficient (Wildman–Crippen LogP) is 1.59. The highest BCUT2D eigenvalue weighted by molar-refractivity contribution is 8.14. The van der Waals surface area contributed by atoms with E-state index in [0.717, 1.165) is 0 Å². The standard InChI is InChI=1S/C12H12ClNO5S2/c1-19-11-4-2-3-10-9(11)5-6-14-12(10)20(15,16)7-8-21(13,17)18/h2-6H,7-8H2,1H3. The molecule has 0 saturated heterocycles. The maximum absolute atomic E-state index is 12.3. The molecule has 6 nitrogen and oxygen atoms in total. The number of hydrogen-bond acceptors (Lipinski definition) is 6. The van der Waals surface area contributed by atoms with Crippen LogP contribution in [0.1, 0.15) is 0 Å². The number of hydrogen-bond donors (Lipinski definition) is 0. The van der Waals surface area contributed by atoms with Crippen molar-refractivity contribution in [1.82, 2.24) is 4.98 Å². The first-order valence-corrected chi connectivity index (χ1v) is 9.94. The molecule has 1 heterocycles. The Morgan fingerprint density at radius 3 is 2.43 bits per heavy atom. The minimum absolute atomic E-state index is 0.181. The Labute approximate surface area is 127 Å². The SMILES string of the molecule is COc1cccc2c(S(=O)(=O)CCS(=O)(=O)Cl)nccc12. The summed E-state index contributed by atoms with van der Waals surface area (Å²) in [5.41, 5.74) is 0. The van der Waals surface area contributed by atoms with Gasteiger partial charge in [-0.1, -0.05) is 12.1 Å². The van der Waals surface area contributed by atoms with Crippen molar-refractivity contribution in [3.63, 3.8) is 0 Å². The Morgan fingerprint density at radius 1 is 1.10 bits per heavy atom. The monoisotopic (exact) mass is 349 g/mol. The minimum Gasteiger partial charge on any atom is -0.496 e. The molecule has 9 heteroatoms. The lowest BCUT2D eigenvalue weighted by Crippen LogP contribution is -2.15. The van der Waals surface area contributed by atoms with Crippen molar-refractivity contribution < 1.29 is 21.6 Å². The minimum atomic E-state index is -3.89. The number of benzene rings is 1. The van der Waals surface area contributed by atoms with Crippen LogP contribution in [0.4, 0.5) is 0 Å². The van der Waals surface area contributed by atoms with Gasteiger partial charge in [-0.3, -0.25) is 0 Å². The number of methoxy groups -OCH3 is 1. The summed E-state index contributed by atoms with van der Waals surface area (Å²) in [4.78, 5) is 3.87. The summed E-state index contributed by atoms with van der Waals surface area (Å²) in [6, 6.07) is 6.56. The van der Waals surface area contributed by atoms with Gasteiger partial charge in [0.2, 0.25) is 9.05 Å². The Balaban J connectivity index is 2.56. The molecule has 0 aliphatic heterocycles. The van der Waals surface area contributed by atoms with Crippen molar-refractivity contribution in [2.24, 2.45) is 0 Å². The molecule has 0 fully saturated rings. The average Bonchev–Trinajstić information content (AvgIpc) is 2.43. The van der Waals surface area contributed by atoms with Gasteiger partial charge in [0, 0.05) is 27.7 Å². The number of fused-ring (bicyclic) bond motifs is 1. The molecule has 2 rings (SSSR count). The number of halogens is 1. The van der Waals surface area contributed by atoms with Crippen LogP contribution in [-0.2, 0) is 18.9 Å². The van der Waals surface area contributed by atoms with Gasteiger partial charge in [0.05, 0.1) is 18.6 Å². The zero-order valence-electron chi connectivity index (χ0n) is 11.0. The first-order valence-electron chi connectivity index (χ1n) is 5.81. The molecule has 0 spiro atoms. The maximum atomic E-state index is 12.3. The van der Waals surface area contributed by atoms with E-state index in [0.29, 0.717) is 16.5 Å². The Bertz CT molecular complexity index is 878. The van der Waals surface area contributed by atoms with Crippen molar-refractivity contribution in [2.45, 2.75) is 5.03 Å². The molecule has 114 valence electrons. The molecule has 2 aromatic rings. The van der Waals surface area contributed by atoms with E-state index in [2.05, 4.69) is 4.98 Å². The van der Waals surface area contributed by atoms with Gasteiger partial charge in [-0.2, -0.15) is 0 Å². The van der Waals surface area contributed by atoms with Crippen molar-refractivity contribution in [3.8, 4) is 5.75 Å². The van der Waals surface area contributed by atoms with Crippen LogP contribution < -0.4 is 4.74 Å². The first-order chi connectivity index (χ1) is 9.74. The van der Waals surface area contributed by atoms with E-state index in [1.807, 2.05) is 0 Å². The lowest BCUT2D eigenvalue weighted by Gasteiger charge is -2.09. The van der Waals surface area contributed by atoms with Crippen molar-refractivity contribution in [2.75, 3.05) is 18.6 Å². The molecule has 0 atom stereocenters. The first kappa shape index (κ1) is 16.0. The second kappa shape index (κ2) is 5.78. The van der Waals surface area contributed by atoms with Gasteiger partial charge < -0.3 is 4.74 Å². The zero-order chi connectivity index (χ0) is 15.7. The van der Waals surface area contributed by atoms with Gasteiger partial charge in [0.25, 0.3) is 0 Å². The Hall–Kier alpha value is -1.38. The van der Waals surface area contributed by atoms with Crippen molar-refractivity contribution in [3.05, 3.63) is 30.5 Å². The number of pyridine rings is 1. The van der Waals surface area contributed by atoms with Gasteiger partial charge in [0.15, 0.2) is 14.9 Å². The fourth-order valence-corrected chi connectivity index (χ4v) is 5.05. The van der Waals surface area contributed by atoms with E-state index >= 15 is 0 Å². The highest BCUT2D eigenvalue weighted by Gasteiger charge is 2.22. The fraction of sp³-hybridized carbons (Fsp3) is 0.250. The number of nitrogens with zero attached hydrogens (tertiary/aromatic N) is 1. The maximum Gasteiger partial charge on any atom is 0.233 e. The van der Waals surface area contributed by atoms with E-state index in [1.165, 1.54) is 13.3 Å². The molecule has 21 heavy (non-hydrogen) atoms. The highest BCUT2D eigenvalue weighted by Crippen LogP contribution is 2.29. The molecule has 0 unspecified atom stereocenters. The summed E-state index contributed by atoms with van der Waals surface area (Å²) in [5.74, 6) is -0.780. The van der Waals surface area contributed by atoms with E-state index in [1.54, 1.807) is 24.3 Å². The predicted molar refractivity (Wildman–Crippen MR) is 80.0 cm³/mol. The molecular formula is C12H12ClNO5S2. The second-order valence-electron chi connectivity index (χ2n) is 4.23. The van der Waals surface area contributed by atoms with Crippen LogP contribution in [0.2, 0.25) is 0 Å². The highest BCUT2D eigenvalue weighted by atomic mass is 35.7. The third-order valence-corrected chi connectivity index (χ3v) is 5.91. The van der Waals surface area contributed by atoms with E-state index in [9.17, 15) is 16.8 Å². The number of sulfone groups is 1. The van der Waals surface area contributed by atoms with Gasteiger partial charge >= 0.3 is 0 Å². The number of rotatable bonds is 5. The summed E-state index contributed by atoms with van der Waals surface area (Å²) in [7, 11) is -1.23. The molecule has 1 aromatic carbocycles. The summed E-state index contributed by atoms with van der Waals surface area (Å²) in [6.45, 7) is 0. The summed E-state index contributed by atoms with van der Waals surface area (Å²) in [5, 5.41) is 0.783. The topological polar surface area (TPSA) is 90.4 Å². The molecule has 0 amide bonds. The molecule has 0 aliphatic carbocycles. The molecule has 0 N–H and O–H groups in total. The molecule has 0 saturated carbocycles. The lowest BCUT2D eigenvalue weighted by atomic mass is 10.1. The summed E-state index contributed by atoms with van der Waals surface area (Å²) in [6.07, 6.45) is 1.34. The van der Waals surface area contributed by atoms with Gasteiger partial charge in [-0.05, 0) is 12.1 Å². The second-order valence-corrected chi connectivity index (χ2v) is 9.15. The Morgan fingerprint density at radius 2 is 1.81 bits per heavy atom. The quantitative estimate of drug-likeness (QED) is 0.761. The molecule has 0 bridgehead atoms. The van der Waals surface area contributed by atoms with Crippen molar-refractivity contribution >= 4 is 40.3 Å². The van der Waals surface area contributed by atoms with E-state index < -0.39 is 30.4 Å². The molecular weight excluding hydrogens is 338 g/mol. The van der Waals surface area contributed by atoms with Crippen LogP contribution in [0.5, 0.6) is 5.75 Å². The van der Waals surface area contributed by atoms with Crippen molar-refractivity contribution in [1.29, 1.82) is 0 Å². The molecule has 0 aliphatic rings. The smallest absolute Gasteiger partial charge is 0.233 e. The average molecular weight is 350 g/mol. The van der Waals surface area contributed by atoms with E-state index in [-0.39, 0.29) is 5.03 Å². The van der Waals surface area contributed by atoms with Gasteiger partial charge in [-0.25, -0.2) is 21.8 Å². The fourth-order valence-electron chi connectivity index (χ4n) is 1.88. The lowest BCUT2D eigenvalue weighted by molar-refractivity contribution is 0.419. The summed E-state index contributed by atoms with van der Waals surface area (Å²) >= 11 is 0. The third-order valence-electron chi connectivity index (χ3n) is 2.84. The number of ether oxygens (including phenoxy) is 1. The van der Waals surface area contributed by atoms with Crippen LogP contribution in [-0.4, -0.2) is 40.4 Å². The Kier molecular flexibility index (Phi) is 4.40. The third kappa shape index (κ3) is 3.63. The van der Waals surface area contributed by atoms with Crippen LogP contribution >= 0.6 is 10.7 Å². The zero-order valence-corrected chi connectivity index (χ0v) is 13.4. The largest absolute Gasteiger partial charge is 0.496 e. The van der Waals surface area contributed by atoms with Gasteiger partial charge in [0.1, 0.15) is 5.75 Å². The van der Waals surface area contributed by atoms with Crippen LogP contribution in [0.3, 0.4) is 0 Å². The van der Waals surface area contributed by atoms with Gasteiger partial charge in [-0.15, -0.1) is 0 Å². The van der Waals surface area contributed by atoms with E-state index in [4.69, 9.17) is 15.4 Å². The van der Waals surface area contributed by atoms with Crippen LogP contribution in [0.25, 0.3) is 10.8 Å². The molecule has 1 aromatic heterocycles. The summed E-state index contributed by atoms with van der Waals surface area (Å²) < 4.78 is 51.6. The van der Waals surface area contributed by atoms with Crippen LogP contribution in [0.15, 0.2) is 35.5 Å². The molecule has 0 radical (unpaired) electrons. The number of aromatic nitrogens is 1.